The third kappa shape index (κ3) is 1.93. The lowest BCUT2D eigenvalue weighted by molar-refractivity contribution is -0.101. The summed E-state index contributed by atoms with van der Waals surface area (Å²) in [5, 5.41) is 20.1. The van der Waals surface area contributed by atoms with Gasteiger partial charge in [-0.05, 0) is 25.5 Å². The molecule has 1 aliphatic carbocycles. The largest absolute Gasteiger partial charge is 0.379 e. The summed E-state index contributed by atoms with van der Waals surface area (Å²) in [7, 11) is 0. The van der Waals surface area contributed by atoms with Crippen LogP contribution in [-0.4, -0.2) is 32.6 Å². The van der Waals surface area contributed by atoms with Crippen LogP contribution >= 0.6 is 0 Å². The number of aliphatic hydroxyl groups is 2. The molecule has 4 nitrogen and oxygen atoms in total. The first-order chi connectivity index (χ1) is 9.61. The standard InChI is InChI=1S/C16H18N2O2/c1-10(19)18(11(2)20)16-13-7-4-3-6-12(13)15-14(16)8-5-9-17-15/h3-11,16,19-20H,1-2H3. The Kier molecular flexibility index (Phi) is 3.30. The van der Waals surface area contributed by atoms with Crippen LogP contribution in [0.4, 0.5) is 0 Å². The van der Waals surface area contributed by atoms with Gasteiger partial charge in [-0.2, -0.15) is 0 Å². The number of nitrogens with zero attached hydrogens (tertiary/aromatic N) is 2. The van der Waals surface area contributed by atoms with Gasteiger partial charge in [-0.3, -0.25) is 4.98 Å². The molecular formula is C16H18N2O2. The van der Waals surface area contributed by atoms with Gasteiger partial charge in [0.05, 0.1) is 11.7 Å². The molecule has 0 amide bonds. The second kappa shape index (κ2) is 4.98. The molecule has 2 aromatic rings. The SMILES string of the molecule is CC(O)N(C(C)O)C1c2ccccc2-c2ncccc21. The maximum Gasteiger partial charge on any atom is 0.107 e. The summed E-state index contributed by atoms with van der Waals surface area (Å²) < 4.78 is 0. The van der Waals surface area contributed by atoms with Crippen molar-refractivity contribution in [2.24, 2.45) is 0 Å². The lowest BCUT2D eigenvalue weighted by Crippen LogP contribution is -2.42. The van der Waals surface area contributed by atoms with E-state index in [0.29, 0.717) is 0 Å². The lowest BCUT2D eigenvalue weighted by atomic mass is 10.0. The Morgan fingerprint density at radius 3 is 2.35 bits per heavy atom. The molecule has 1 heterocycles. The number of hydrogen-bond acceptors (Lipinski definition) is 4. The quantitative estimate of drug-likeness (QED) is 0.839. The number of rotatable bonds is 3. The second-order valence-electron chi connectivity index (χ2n) is 5.14. The number of hydrogen-bond donors (Lipinski definition) is 2. The molecule has 104 valence electrons. The topological polar surface area (TPSA) is 56.6 Å². The molecule has 0 bridgehead atoms. The fourth-order valence-electron chi connectivity index (χ4n) is 3.05. The van der Waals surface area contributed by atoms with Crippen LogP contribution in [0.25, 0.3) is 11.3 Å². The summed E-state index contributed by atoms with van der Waals surface area (Å²) in [6.07, 6.45) is 0.269. The number of fused-ring (bicyclic) bond motifs is 3. The van der Waals surface area contributed by atoms with Crippen LogP contribution < -0.4 is 0 Å². The first kappa shape index (κ1) is 13.2. The Morgan fingerprint density at radius 1 is 1.00 bits per heavy atom. The zero-order valence-corrected chi connectivity index (χ0v) is 11.6. The minimum atomic E-state index is -0.751. The van der Waals surface area contributed by atoms with Crippen LogP contribution in [-0.2, 0) is 0 Å². The van der Waals surface area contributed by atoms with E-state index in [1.54, 1.807) is 24.9 Å². The highest BCUT2D eigenvalue weighted by Crippen LogP contribution is 2.45. The highest BCUT2D eigenvalue weighted by molar-refractivity contribution is 5.75. The molecule has 3 rings (SSSR count). The van der Waals surface area contributed by atoms with Crippen molar-refractivity contribution in [3.05, 3.63) is 53.7 Å². The van der Waals surface area contributed by atoms with Gasteiger partial charge in [0.25, 0.3) is 0 Å². The minimum absolute atomic E-state index is 0.171. The summed E-state index contributed by atoms with van der Waals surface area (Å²) in [5.74, 6) is 0. The Bertz CT molecular complexity index is 572. The Balaban J connectivity index is 2.20. The second-order valence-corrected chi connectivity index (χ2v) is 5.14. The zero-order valence-electron chi connectivity index (χ0n) is 11.6. The maximum atomic E-state index is 10.0. The monoisotopic (exact) mass is 270 g/mol. The first-order valence-electron chi connectivity index (χ1n) is 6.79. The Hall–Kier alpha value is -1.75. The molecule has 0 saturated heterocycles. The van der Waals surface area contributed by atoms with E-state index in [1.807, 2.05) is 36.4 Å². The molecule has 20 heavy (non-hydrogen) atoms. The van der Waals surface area contributed by atoms with E-state index < -0.39 is 12.5 Å². The van der Waals surface area contributed by atoms with Crippen molar-refractivity contribution in [2.45, 2.75) is 32.3 Å². The average molecular weight is 270 g/mol. The van der Waals surface area contributed by atoms with Crippen LogP contribution in [0.1, 0.15) is 31.0 Å². The van der Waals surface area contributed by atoms with Gasteiger partial charge in [0.2, 0.25) is 0 Å². The minimum Gasteiger partial charge on any atom is -0.379 e. The predicted molar refractivity (Wildman–Crippen MR) is 76.7 cm³/mol. The summed E-state index contributed by atoms with van der Waals surface area (Å²) in [4.78, 5) is 6.15. The van der Waals surface area contributed by atoms with Gasteiger partial charge in [-0.15, -0.1) is 0 Å². The smallest absolute Gasteiger partial charge is 0.107 e. The molecule has 0 saturated carbocycles. The summed E-state index contributed by atoms with van der Waals surface area (Å²) in [6.45, 7) is 3.34. The summed E-state index contributed by atoms with van der Waals surface area (Å²) >= 11 is 0. The van der Waals surface area contributed by atoms with Crippen LogP contribution in [0.5, 0.6) is 0 Å². The van der Waals surface area contributed by atoms with Crippen LogP contribution in [0, 0.1) is 0 Å². The summed E-state index contributed by atoms with van der Waals surface area (Å²) in [5.41, 5.74) is 4.09. The number of aliphatic hydroxyl groups excluding tert-OH is 2. The van der Waals surface area contributed by atoms with Gasteiger partial charge in [0.15, 0.2) is 0 Å². The molecule has 0 spiro atoms. The Morgan fingerprint density at radius 2 is 1.65 bits per heavy atom. The third-order valence-electron chi connectivity index (χ3n) is 3.81. The molecule has 3 atom stereocenters. The summed E-state index contributed by atoms with van der Waals surface area (Å²) in [6, 6.07) is 11.7. The average Bonchev–Trinajstić information content (AvgIpc) is 2.74. The third-order valence-corrected chi connectivity index (χ3v) is 3.81. The van der Waals surface area contributed by atoms with Crippen molar-refractivity contribution in [1.29, 1.82) is 0 Å². The molecule has 0 radical (unpaired) electrons. The van der Waals surface area contributed by atoms with Gasteiger partial charge in [0, 0.05) is 17.3 Å². The van der Waals surface area contributed by atoms with Crippen molar-refractivity contribution in [3.63, 3.8) is 0 Å². The van der Waals surface area contributed by atoms with Crippen LogP contribution in [0.2, 0.25) is 0 Å². The van der Waals surface area contributed by atoms with E-state index in [2.05, 4.69) is 4.98 Å². The first-order valence-corrected chi connectivity index (χ1v) is 6.79. The van der Waals surface area contributed by atoms with Gasteiger partial charge >= 0.3 is 0 Å². The van der Waals surface area contributed by atoms with Crippen LogP contribution in [0.3, 0.4) is 0 Å². The van der Waals surface area contributed by atoms with Gasteiger partial charge in [0.1, 0.15) is 12.5 Å². The zero-order chi connectivity index (χ0) is 14.3. The van der Waals surface area contributed by atoms with Gasteiger partial charge < -0.3 is 10.2 Å². The molecule has 0 aliphatic heterocycles. The fraction of sp³-hybridized carbons (Fsp3) is 0.312. The normalized spacial score (nSPS) is 19.6. The van der Waals surface area contributed by atoms with E-state index in [9.17, 15) is 10.2 Å². The van der Waals surface area contributed by atoms with Crippen molar-refractivity contribution >= 4 is 0 Å². The van der Waals surface area contributed by atoms with Gasteiger partial charge in [-0.1, -0.05) is 30.3 Å². The van der Waals surface area contributed by atoms with E-state index in [1.165, 1.54) is 0 Å². The number of pyridine rings is 1. The highest BCUT2D eigenvalue weighted by Gasteiger charge is 2.37. The Labute approximate surface area is 118 Å². The van der Waals surface area contributed by atoms with Gasteiger partial charge in [-0.25, -0.2) is 4.90 Å². The van der Waals surface area contributed by atoms with Crippen molar-refractivity contribution in [3.8, 4) is 11.3 Å². The van der Waals surface area contributed by atoms with Crippen molar-refractivity contribution < 1.29 is 10.2 Å². The molecule has 2 N–H and O–H groups in total. The van der Waals surface area contributed by atoms with E-state index >= 15 is 0 Å². The lowest BCUT2D eigenvalue weighted by Gasteiger charge is -2.34. The molecule has 1 aromatic carbocycles. The highest BCUT2D eigenvalue weighted by atomic mass is 16.3. The number of benzene rings is 1. The van der Waals surface area contributed by atoms with Crippen LogP contribution in [0.15, 0.2) is 42.6 Å². The molecule has 1 aliphatic rings. The predicted octanol–water partition coefficient (Wildman–Crippen LogP) is 2.13. The van der Waals surface area contributed by atoms with E-state index in [4.69, 9.17) is 0 Å². The fourth-order valence-corrected chi connectivity index (χ4v) is 3.05. The molecule has 4 heteroatoms. The van der Waals surface area contributed by atoms with E-state index in [0.717, 1.165) is 22.4 Å². The molecule has 1 aromatic heterocycles. The maximum absolute atomic E-state index is 10.0. The number of aromatic nitrogens is 1. The van der Waals surface area contributed by atoms with E-state index in [-0.39, 0.29) is 6.04 Å². The molecule has 3 unspecified atom stereocenters. The molecular weight excluding hydrogens is 252 g/mol. The molecule has 0 fully saturated rings. The van der Waals surface area contributed by atoms with Crippen molar-refractivity contribution in [1.82, 2.24) is 9.88 Å². The van der Waals surface area contributed by atoms with Crippen molar-refractivity contribution in [2.75, 3.05) is 0 Å².